The molecule has 21 heavy (non-hydrogen) atoms. The smallest absolute Gasteiger partial charge is 0.303 e. The van der Waals surface area contributed by atoms with Gasteiger partial charge in [-0.2, -0.15) is 0 Å². The highest BCUT2D eigenvalue weighted by atomic mass is 16.4. The van der Waals surface area contributed by atoms with Crippen LogP contribution >= 0.6 is 0 Å². The molecule has 3 heteroatoms. The number of aromatic hydroxyl groups is 1. The van der Waals surface area contributed by atoms with Crippen LogP contribution in [0, 0.1) is 6.92 Å². The maximum atomic E-state index is 10.8. The van der Waals surface area contributed by atoms with E-state index in [9.17, 15) is 9.90 Å². The van der Waals surface area contributed by atoms with Crippen LogP contribution in [0.5, 0.6) is 5.75 Å². The molecule has 0 aliphatic carbocycles. The molecule has 1 aromatic carbocycles. The first-order chi connectivity index (χ1) is 9.77. The molecule has 0 aromatic heterocycles. The van der Waals surface area contributed by atoms with Gasteiger partial charge in [-0.05, 0) is 47.9 Å². The zero-order chi connectivity index (χ0) is 16.0. The Hall–Kier alpha value is -1.51. The van der Waals surface area contributed by atoms with Crippen molar-refractivity contribution >= 4 is 5.97 Å². The van der Waals surface area contributed by atoms with Crippen LogP contribution in [0.3, 0.4) is 0 Å². The summed E-state index contributed by atoms with van der Waals surface area (Å²) in [5, 5.41) is 19.1. The van der Waals surface area contributed by atoms with E-state index in [-0.39, 0.29) is 11.8 Å². The molecule has 0 amide bonds. The summed E-state index contributed by atoms with van der Waals surface area (Å²) in [7, 11) is 0. The Morgan fingerprint density at radius 2 is 1.90 bits per heavy atom. The predicted octanol–water partition coefficient (Wildman–Crippen LogP) is 4.58. The average Bonchev–Trinajstić information content (AvgIpc) is 2.37. The molecule has 0 bridgehead atoms. The summed E-state index contributed by atoms with van der Waals surface area (Å²) in [6, 6.07) is 3.77. The first kappa shape index (κ1) is 17.5. The maximum absolute atomic E-state index is 10.8. The molecule has 118 valence electrons. The fraction of sp³-hybridized carbons (Fsp3) is 0.611. The van der Waals surface area contributed by atoms with Gasteiger partial charge in [-0.15, -0.1) is 0 Å². The summed E-state index contributed by atoms with van der Waals surface area (Å²) in [4.78, 5) is 10.8. The SMILES string of the molecule is CCCCCC(C)(C)c1cc(CCC(=O)O)c(C)cc1O. The van der Waals surface area contributed by atoms with Gasteiger partial charge >= 0.3 is 5.97 Å². The topological polar surface area (TPSA) is 57.5 Å². The lowest BCUT2D eigenvalue weighted by atomic mass is 9.78. The summed E-state index contributed by atoms with van der Waals surface area (Å²) in [5.74, 6) is -0.459. The Morgan fingerprint density at radius 1 is 1.24 bits per heavy atom. The Morgan fingerprint density at radius 3 is 2.48 bits per heavy atom. The Balaban J connectivity index is 2.99. The summed E-state index contributed by atoms with van der Waals surface area (Å²) < 4.78 is 0. The van der Waals surface area contributed by atoms with Gasteiger partial charge in [-0.25, -0.2) is 0 Å². The van der Waals surface area contributed by atoms with Crippen LogP contribution < -0.4 is 0 Å². The molecule has 1 aromatic rings. The monoisotopic (exact) mass is 292 g/mol. The van der Waals surface area contributed by atoms with Crippen LogP contribution in [0.15, 0.2) is 12.1 Å². The van der Waals surface area contributed by atoms with Gasteiger partial charge in [0.25, 0.3) is 0 Å². The molecule has 0 aliphatic heterocycles. The van der Waals surface area contributed by atoms with E-state index in [0.29, 0.717) is 12.2 Å². The Bertz CT molecular complexity index is 489. The zero-order valence-corrected chi connectivity index (χ0v) is 13.7. The van der Waals surface area contributed by atoms with Crippen LogP contribution in [-0.4, -0.2) is 16.2 Å². The van der Waals surface area contributed by atoms with Gasteiger partial charge in [0, 0.05) is 6.42 Å². The van der Waals surface area contributed by atoms with Gasteiger partial charge in [0.1, 0.15) is 5.75 Å². The highest BCUT2D eigenvalue weighted by Gasteiger charge is 2.24. The standard InChI is InChI=1S/C18H28O3/c1-5-6-7-10-18(3,4)15-12-14(8-9-17(20)21)13(2)11-16(15)19/h11-12,19H,5-10H2,1-4H3,(H,20,21). The third kappa shape index (κ3) is 5.07. The minimum absolute atomic E-state index is 0.0923. The summed E-state index contributed by atoms with van der Waals surface area (Å²) >= 11 is 0. The first-order valence-electron chi connectivity index (χ1n) is 7.82. The average molecular weight is 292 g/mol. The molecule has 0 spiro atoms. The lowest BCUT2D eigenvalue weighted by Crippen LogP contribution is -2.18. The molecule has 0 saturated heterocycles. The van der Waals surface area contributed by atoms with Crippen molar-refractivity contribution in [1.29, 1.82) is 0 Å². The molecule has 0 fully saturated rings. The molecule has 0 aliphatic rings. The van der Waals surface area contributed by atoms with Gasteiger partial charge in [0.05, 0.1) is 0 Å². The molecular weight excluding hydrogens is 264 g/mol. The van der Waals surface area contributed by atoms with E-state index in [0.717, 1.165) is 29.5 Å². The summed E-state index contributed by atoms with van der Waals surface area (Å²) in [6.45, 7) is 8.40. The van der Waals surface area contributed by atoms with Crippen LogP contribution in [0.25, 0.3) is 0 Å². The van der Waals surface area contributed by atoms with Gasteiger partial charge < -0.3 is 10.2 Å². The van der Waals surface area contributed by atoms with Crippen molar-refractivity contribution in [1.82, 2.24) is 0 Å². The van der Waals surface area contributed by atoms with Crippen molar-refractivity contribution in [2.75, 3.05) is 0 Å². The van der Waals surface area contributed by atoms with Crippen molar-refractivity contribution in [3.8, 4) is 5.75 Å². The molecule has 1 rings (SSSR count). The zero-order valence-electron chi connectivity index (χ0n) is 13.7. The van der Waals surface area contributed by atoms with Crippen LogP contribution in [0.4, 0.5) is 0 Å². The normalized spacial score (nSPS) is 11.6. The number of carboxylic acids is 1. The largest absolute Gasteiger partial charge is 0.508 e. The van der Waals surface area contributed by atoms with Gasteiger partial charge in [-0.3, -0.25) is 4.79 Å². The number of hydrogen-bond donors (Lipinski definition) is 2. The predicted molar refractivity (Wildman–Crippen MR) is 86.0 cm³/mol. The number of phenolic OH excluding ortho intramolecular Hbond substituents is 1. The lowest BCUT2D eigenvalue weighted by molar-refractivity contribution is -0.136. The molecule has 3 nitrogen and oxygen atoms in total. The fourth-order valence-corrected chi connectivity index (χ4v) is 2.74. The van der Waals surface area contributed by atoms with Crippen LogP contribution in [0.1, 0.15) is 69.6 Å². The van der Waals surface area contributed by atoms with Crippen LogP contribution in [-0.2, 0) is 16.6 Å². The second-order valence-corrected chi connectivity index (χ2v) is 6.53. The van der Waals surface area contributed by atoms with Crippen LogP contribution in [0.2, 0.25) is 0 Å². The number of aryl methyl sites for hydroxylation is 2. The highest BCUT2D eigenvalue weighted by molar-refractivity contribution is 5.67. The van der Waals surface area contributed by atoms with Crippen molar-refractivity contribution in [2.24, 2.45) is 0 Å². The molecular formula is C18H28O3. The number of carboxylic acid groups (broad SMARTS) is 1. The van der Waals surface area contributed by atoms with E-state index in [1.165, 1.54) is 12.8 Å². The van der Waals surface area contributed by atoms with E-state index in [1.807, 2.05) is 13.0 Å². The number of benzene rings is 1. The summed E-state index contributed by atoms with van der Waals surface area (Å²) in [6.07, 6.45) is 5.18. The van der Waals surface area contributed by atoms with E-state index in [2.05, 4.69) is 20.8 Å². The van der Waals surface area contributed by atoms with Crippen molar-refractivity contribution < 1.29 is 15.0 Å². The van der Waals surface area contributed by atoms with Crippen molar-refractivity contribution in [2.45, 2.75) is 71.6 Å². The van der Waals surface area contributed by atoms with E-state index >= 15 is 0 Å². The van der Waals surface area contributed by atoms with E-state index < -0.39 is 5.97 Å². The number of hydrogen-bond acceptors (Lipinski definition) is 2. The minimum Gasteiger partial charge on any atom is -0.508 e. The highest BCUT2D eigenvalue weighted by Crippen LogP contribution is 2.37. The minimum atomic E-state index is -0.786. The fourth-order valence-electron chi connectivity index (χ4n) is 2.74. The van der Waals surface area contributed by atoms with E-state index in [1.54, 1.807) is 6.07 Å². The lowest BCUT2D eigenvalue weighted by Gasteiger charge is -2.27. The number of phenols is 1. The van der Waals surface area contributed by atoms with Gasteiger partial charge in [0.15, 0.2) is 0 Å². The molecule has 0 saturated carbocycles. The molecule has 0 radical (unpaired) electrons. The van der Waals surface area contributed by atoms with Crippen molar-refractivity contribution in [3.05, 3.63) is 28.8 Å². The Kier molecular flexibility index (Phi) is 6.25. The molecule has 0 unspecified atom stereocenters. The number of aliphatic carboxylic acids is 1. The third-order valence-corrected chi connectivity index (χ3v) is 4.20. The Labute approximate surface area is 128 Å². The quantitative estimate of drug-likeness (QED) is 0.690. The molecule has 0 atom stereocenters. The summed E-state index contributed by atoms with van der Waals surface area (Å²) in [5.41, 5.74) is 2.82. The second kappa shape index (κ2) is 7.48. The maximum Gasteiger partial charge on any atom is 0.303 e. The van der Waals surface area contributed by atoms with E-state index in [4.69, 9.17) is 5.11 Å². The first-order valence-corrected chi connectivity index (χ1v) is 7.82. The number of carbonyl (C=O) groups is 1. The van der Waals surface area contributed by atoms with Gasteiger partial charge in [-0.1, -0.05) is 46.1 Å². The van der Waals surface area contributed by atoms with Gasteiger partial charge in [0.2, 0.25) is 0 Å². The second-order valence-electron chi connectivity index (χ2n) is 6.53. The number of unbranched alkanes of at least 4 members (excludes halogenated alkanes) is 2. The molecule has 0 heterocycles. The van der Waals surface area contributed by atoms with Crippen molar-refractivity contribution in [3.63, 3.8) is 0 Å². The third-order valence-electron chi connectivity index (χ3n) is 4.20. The molecule has 2 N–H and O–H groups in total. The number of rotatable bonds is 8.